The highest BCUT2D eigenvalue weighted by Gasteiger charge is 2.34. The highest BCUT2D eigenvalue weighted by molar-refractivity contribution is 5.37. The van der Waals surface area contributed by atoms with Crippen LogP contribution < -0.4 is 16.0 Å². The van der Waals surface area contributed by atoms with Gasteiger partial charge in [-0.2, -0.15) is 0 Å². The van der Waals surface area contributed by atoms with Gasteiger partial charge in [0, 0.05) is 12.2 Å². The molecule has 1 aromatic rings. The zero-order valence-electron chi connectivity index (χ0n) is 14.1. The van der Waals surface area contributed by atoms with Crippen molar-refractivity contribution in [2.75, 3.05) is 6.61 Å². The van der Waals surface area contributed by atoms with Gasteiger partial charge in [0.2, 0.25) is 0 Å². The number of nitrogens with one attached hydrogen (secondary N) is 1. The van der Waals surface area contributed by atoms with Gasteiger partial charge in [-0.15, -0.1) is 0 Å². The number of ether oxygens (including phenoxy) is 2. The van der Waals surface area contributed by atoms with Crippen molar-refractivity contribution in [3.63, 3.8) is 0 Å². The van der Waals surface area contributed by atoms with E-state index in [1.807, 2.05) is 45.0 Å². The van der Waals surface area contributed by atoms with Crippen molar-refractivity contribution >= 4 is 0 Å². The Morgan fingerprint density at radius 2 is 1.81 bits per heavy atom. The fourth-order valence-corrected chi connectivity index (χ4v) is 2.46. The third-order valence-electron chi connectivity index (χ3n) is 3.30. The van der Waals surface area contributed by atoms with E-state index >= 15 is 0 Å². The molecular weight excluding hydrogens is 264 g/mol. The normalized spacial score (nSPS) is 15.0. The summed E-state index contributed by atoms with van der Waals surface area (Å²) in [5, 5.41) is 0. The number of nitrogens with two attached hydrogens (primary N) is 1. The van der Waals surface area contributed by atoms with Gasteiger partial charge in [0.1, 0.15) is 5.75 Å². The van der Waals surface area contributed by atoms with Gasteiger partial charge in [-0.25, -0.2) is 0 Å². The lowest BCUT2D eigenvalue weighted by molar-refractivity contribution is -0.0372. The van der Waals surface area contributed by atoms with E-state index in [9.17, 15) is 0 Å². The second kappa shape index (κ2) is 7.78. The van der Waals surface area contributed by atoms with Gasteiger partial charge < -0.3 is 9.47 Å². The maximum Gasteiger partial charge on any atom is 0.124 e. The Morgan fingerprint density at radius 1 is 1.19 bits per heavy atom. The Morgan fingerprint density at radius 3 is 2.29 bits per heavy atom. The molecule has 4 nitrogen and oxygen atoms in total. The van der Waals surface area contributed by atoms with Crippen molar-refractivity contribution in [3.8, 4) is 5.75 Å². The molecule has 2 atom stereocenters. The summed E-state index contributed by atoms with van der Waals surface area (Å²) in [6.07, 6.45) is 0.0640. The van der Waals surface area contributed by atoms with Crippen LogP contribution in [0.1, 0.15) is 53.1 Å². The predicted molar refractivity (Wildman–Crippen MR) is 87.1 cm³/mol. The molecule has 0 saturated heterocycles. The Bertz CT molecular complexity index is 427. The van der Waals surface area contributed by atoms with Gasteiger partial charge in [-0.3, -0.25) is 11.3 Å². The summed E-state index contributed by atoms with van der Waals surface area (Å²) in [6.45, 7) is 13.2. The van der Waals surface area contributed by atoms with Crippen LogP contribution in [0.5, 0.6) is 5.75 Å². The zero-order valence-corrected chi connectivity index (χ0v) is 14.1. The second-order valence-electron chi connectivity index (χ2n) is 6.59. The topological polar surface area (TPSA) is 56.5 Å². The van der Waals surface area contributed by atoms with Gasteiger partial charge in [-0.05, 0) is 32.3 Å². The molecule has 0 radical (unpaired) electrons. The van der Waals surface area contributed by atoms with E-state index < -0.39 is 0 Å². The molecule has 0 amide bonds. The molecule has 1 rings (SSSR count). The zero-order chi connectivity index (χ0) is 16.0. The molecule has 0 bridgehead atoms. The van der Waals surface area contributed by atoms with Gasteiger partial charge in [-0.1, -0.05) is 39.0 Å². The molecule has 1 aromatic carbocycles. The molecule has 2 unspecified atom stereocenters. The molecule has 0 spiro atoms. The minimum atomic E-state index is -0.125. The molecule has 21 heavy (non-hydrogen) atoms. The van der Waals surface area contributed by atoms with Crippen LogP contribution in [0.25, 0.3) is 0 Å². The average molecular weight is 294 g/mol. The number of rotatable bonds is 7. The molecule has 0 heterocycles. The SMILES string of the molecule is CCOC(C(NN)c1ccccc1OC(C)C)C(C)(C)C. The van der Waals surface area contributed by atoms with Crippen molar-refractivity contribution in [2.45, 2.75) is 59.8 Å². The van der Waals surface area contributed by atoms with Gasteiger partial charge in [0.25, 0.3) is 0 Å². The van der Waals surface area contributed by atoms with Crippen LogP contribution in [0.3, 0.4) is 0 Å². The molecule has 3 N–H and O–H groups in total. The summed E-state index contributed by atoms with van der Waals surface area (Å²) in [7, 11) is 0. The summed E-state index contributed by atoms with van der Waals surface area (Å²) in [5.74, 6) is 6.70. The van der Waals surface area contributed by atoms with Crippen molar-refractivity contribution in [2.24, 2.45) is 11.3 Å². The number of benzene rings is 1. The van der Waals surface area contributed by atoms with Crippen LogP contribution in [0.2, 0.25) is 0 Å². The van der Waals surface area contributed by atoms with Crippen LogP contribution >= 0.6 is 0 Å². The lowest BCUT2D eigenvalue weighted by Crippen LogP contribution is -2.44. The van der Waals surface area contributed by atoms with E-state index in [4.69, 9.17) is 15.3 Å². The number of hydrazine groups is 1. The van der Waals surface area contributed by atoms with Gasteiger partial charge in [0.15, 0.2) is 0 Å². The molecule has 0 aliphatic heterocycles. The standard InChI is InChI=1S/C17H30N2O2/c1-7-20-16(17(4,5)6)15(19-18)13-10-8-9-11-14(13)21-12(2)3/h8-12,15-16,19H,7,18H2,1-6H3. The number of para-hydroxylation sites is 1. The molecule has 4 heteroatoms. The third kappa shape index (κ3) is 4.99. The first-order chi connectivity index (χ1) is 9.81. The first-order valence-corrected chi connectivity index (χ1v) is 7.64. The maximum absolute atomic E-state index is 5.98. The van der Waals surface area contributed by atoms with Crippen molar-refractivity contribution in [3.05, 3.63) is 29.8 Å². The van der Waals surface area contributed by atoms with Crippen LogP contribution in [0.15, 0.2) is 24.3 Å². The molecule has 0 aromatic heterocycles. The smallest absolute Gasteiger partial charge is 0.124 e. The minimum absolute atomic E-state index is 0.0437. The quantitative estimate of drug-likeness (QED) is 0.597. The molecule has 120 valence electrons. The highest BCUT2D eigenvalue weighted by Crippen LogP contribution is 2.36. The van der Waals surface area contributed by atoms with Crippen LogP contribution in [0.4, 0.5) is 0 Å². The first-order valence-electron chi connectivity index (χ1n) is 7.64. The Balaban J connectivity index is 3.19. The van der Waals surface area contributed by atoms with Crippen LogP contribution in [-0.4, -0.2) is 18.8 Å². The molecule has 0 aliphatic rings. The molecular formula is C17H30N2O2. The number of hydrogen-bond acceptors (Lipinski definition) is 4. The predicted octanol–water partition coefficient (Wildman–Crippen LogP) is 3.43. The summed E-state index contributed by atoms with van der Waals surface area (Å²) >= 11 is 0. The summed E-state index contributed by atoms with van der Waals surface area (Å²) in [6, 6.07) is 7.87. The lowest BCUT2D eigenvalue weighted by Gasteiger charge is -2.37. The van der Waals surface area contributed by atoms with E-state index in [2.05, 4.69) is 26.2 Å². The van der Waals surface area contributed by atoms with Crippen molar-refractivity contribution in [1.29, 1.82) is 0 Å². The van der Waals surface area contributed by atoms with E-state index in [0.29, 0.717) is 6.61 Å². The van der Waals surface area contributed by atoms with Crippen LogP contribution in [0, 0.1) is 5.41 Å². The fourth-order valence-electron chi connectivity index (χ4n) is 2.46. The molecule has 0 saturated carbocycles. The second-order valence-corrected chi connectivity index (χ2v) is 6.59. The highest BCUT2D eigenvalue weighted by atomic mass is 16.5. The van der Waals surface area contributed by atoms with E-state index in [-0.39, 0.29) is 23.7 Å². The Hall–Kier alpha value is -1.10. The van der Waals surface area contributed by atoms with E-state index in [1.165, 1.54) is 0 Å². The fraction of sp³-hybridized carbons (Fsp3) is 0.647. The van der Waals surface area contributed by atoms with E-state index in [1.54, 1.807) is 0 Å². The maximum atomic E-state index is 5.98. The van der Waals surface area contributed by atoms with E-state index in [0.717, 1.165) is 11.3 Å². The van der Waals surface area contributed by atoms with Gasteiger partial charge >= 0.3 is 0 Å². The monoisotopic (exact) mass is 294 g/mol. The molecule has 0 fully saturated rings. The molecule has 0 aliphatic carbocycles. The summed E-state index contributed by atoms with van der Waals surface area (Å²) in [5.41, 5.74) is 3.90. The van der Waals surface area contributed by atoms with Crippen molar-refractivity contribution < 1.29 is 9.47 Å². The minimum Gasteiger partial charge on any atom is -0.491 e. The Labute approximate surface area is 129 Å². The average Bonchev–Trinajstić information content (AvgIpc) is 2.38. The lowest BCUT2D eigenvalue weighted by atomic mass is 9.82. The Kier molecular flexibility index (Phi) is 6.65. The van der Waals surface area contributed by atoms with Crippen LogP contribution in [-0.2, 0) is 4.74 Å². The van der Waals surface area contributed by atoms with Crippen molar-refractivity contribution in [1.82, 2.24) is 5.43 Å². The first kappa shape index (κ1) is 18.0. The van der Waals surface area contributed by atoms with Gasteiger partial charge in [0.05, 0.1) is 18.2 Å². The largest absolute Gasteiger partial charge is 0.491 e. The summed E-state index contributed by atoms with van der Waals surface area (Å²) in [4.78, 5) is 0. The third-order valence-corrected chi connectivity index (χ3v) is 3.30. The summed E-state index contributed by atoms with van der Waals surface area (Å²) < 4.78 is 11.9. The number of hydrogen-bond donors (Lipinski definition) is 2.